The molecule has 1 aliphatic rings. The van der Waals surface area contributed by atoms with Crippen molar-refractivity contribution in [1.82, 2.24) is 4.90 Å². The Bertz CT molecular complexity index is 596. The molecule has 1 aliphatic heterocycles. The molecule has 4 nitrogen and oxygen atoms in total. The molecular weight excluding hydrogens is 334 g/mol. The van der Waals surface area contributed by atoms with E-state index in [2.05, 4.69) is 18.9 Å². The van der Waals surface area contributed by atoms with Gasteiger partial charge in [0, 0.05) is 11.8 Å². The number of carbonyl (C=O) groups is 2. The van der Waals surface area contributed by atoms with Crippen molar-refractivity contribution in [1.29, 1.82) is 0 Å². The number of hydrogen-bond donors (Lipinski definition) is 0. The van der Waals surface area contributed by atoms with Gasteiger partial charge in [-0.15, -0.1) is 11.3 Å². The summed E-state index contributed by atoms with van der Waals surface area (Å²) in [7, 11) is 3.57. The maximum absolute atomic E-state index is 12.5. The van der Waals surface area contributed by atoms with Gasteiger partial charge in [0.25, 0.3) is 0 Å². The second-order valence-corrected chi connectivity index (χ2v) is 8.26. The first-order valence-corrected chi connectivity index (χ1v) is 10.2. The zero-order chi connectivity index (χ0) is 18.4. The third kappa shape index (κ3) is 5.38. The van der Waals surface area contributed by atoms with Crippen LogP contribution in [-0.2, 0) is 4.74 Å². The van der Waals surface area contributed by atoms with Gasteiger partial charge in [-0.3, -0.25) is 4.79 Å². The Balaban J connectivity index is 1.82. The van der Waals surface area contributed by atoms with E-state index in [0.29, 0.717) is 22.8 Å². The van der Waals surface area contributed by atoms with E-state index < -0.39 is 0 Å². The summed E-state index contributed by atoms with van der Waals surface area (Å²) in [5.41, 5.74) is 1.29. The first kappa shape index (κ1) is 20.1. The first-order chi connectivity index (χ1) is 11.9. The molecule has 1 saturated heterocycles. The van der Waals surface area contributed by atoms with Crippen LogP contribution in [-0.4, -0.2) is 43.9 Å². The molecule has 2 atom stereocenters. The van der Waals surface area contributed by atoms with E-state index in [4.69, 9.17) is 4.74 Å². The van der Waals surface area contributed by atoms with Crippen molar-refractivity contribution in [2.45, 2.75) is 52.4 Å². The van der Waals surface area contributed by atoms with Crippen molar-refractivity contribution in [3.8, 4) is 0 Å². The third-order valence-electron chi connectivity index (χ3n) is 5.56. The number of methoxy groups -OCH3 is 1. The molecule has 0 amide bonds. The minimum atomic E-state index is -0.361. The van der Waals surface area contributed by atoms with Crippen molar-refractivity contribution in [3.63, 3.8) is 0 Å². The van der Waals surface area contributed by atoms with Gasteiger partial charge in [0.2, 0.25) is 0 Å². The van der Waals surface area contributed by atoms with Crippen LogP contribution in [0.4, 0.5) is 0 Å². The number of carbonyl (C=O) groups excluding carboxylic acids is 2. The van der Waals surface area contributed by atoms with Crippen molar-refractivity contribution in [2.75, 3.05) is 27.2 Å². The summed E-state index contributed by atoms with van der Waals surface area (Å²) < 4.78 is 4.76. The van der Waals surface area contributed by atoms with Crippen LogP contribution in [0.5, 0.6) is 0 Å². The van der Waals surface area contributed by atoms with Gasteiger partial charge in [0.05, 0.1) is 17.6 Å². The minimum absolute atomic E-state index is 0.158. The molecule has 2 unspecified atom stereocenters. The summed E-state index contributed by atoms with van der Waals surface area (Å²) in [5, 5.41) is 1.74. The number of rotatable bonds is 7. The Morgan fingerprint density at radius 1 is 1.36 bits per heavy atom. The molecule has 2 rings (SSSR count). The molecule has 5 heteroatoms. The molecular formula is C20H31NO3S. The zero-order valence-electron chi connectivity index (χ0n) is 16.0. The fourth-order valence-electron chi connectivity index (χ4n) is 3.77. The monoisotopic (exact) mass is 365 g/mol. The smallest absolute Gasteiger partial charge is 0.338 e. The van der Waals surface area contributed by atoms with E-state index in [1.807, 2.05) is 6.92 Å². The predicted octanol–water partition coefficient (Wildman–Crippen LogP) is 4.56. The molecule has 0 aliphatic carbocycles. The van der Waals surface area contributed by atoms with Crippen LogP contribution in [0.25, 0.3) is 0 Å². The molecule has 0 radical (unpaired) electrons. The summed E-state index contributed by atoms with van der Waals surface area (Å²) in [6.07, 6.45) is 6.48. The summed E-state index contributed by atoms with van der Waals surface area (Å²) >= 11 is 1.36. The molecule has 1 aromatic rings. The molecule has 0 bridgehead atoms. The Kier molecular flexibility index (Phi) is 7.63. The quantitative estimate of drug-likeness (QED) is 0.525. The van der Waals surface area contributed by atoms with Gasteiger partial charge in [-0.25, -0.2) is 4.79 Å². The van der Waals surface area contributed by atoms with Gasteiger partial charge in [-0.1, -0.05) is 13.3 Å². The number of esters is 1. The van der Waals surface area contributed by atoms with Crippen molar-refractivity contribution in [3.05, 3.63) is 21.4 Å². The maximum atomic E-state index is 12.5. The second kappa shape index (κ2) is 9.48. The lowest BCUT2D eigenvalue weighted by molar-refractivity contribution is 0.0600. The minimum Gasteiger partial charge on any atom is -0.465 e. The van der Waals surface area contributed by atoms with E-state index >= 15 is 0 Å². The Labute approximate surface area is 155 Å². The van der Waals surface area contributed by atoms with E-state index in [1.54, 1.807) is 5.38 Å². The van der Waals surface area contributed by atoms with Crippen molar-refractivity contribution < 1.29 is 14.3 Å². The number of Topliss-reactive ketones (excluding diaryl/α,β-unsaturated/α-hetero) is 1. The first-order valence-electron chi connectivity index (χ1n) is 9.32. The second-order valence-electron chi connectivity index (χ2n) is 7.38. The SMILES string of the molecule is COC(=O)c1csc(C(=O)CCCC(C)C2CCCN(C)CC2)c1C. The Morgan fingerprint density at radius 3 is 2.84 bits per heavy atom. The average Bonchev–Trinajstić information content (AvgIpc) is 2.84. The summed E-state index contributed by atoms with van der Waals surface area (Å²) in [4.78, 5) is 27.3. The van der Waals surface area contributed by atoms with Gasteiger partial charge < -0.3 is 9.64 Å². The molecule has 0 saturated carbocycles. The number of likely N-dealkylation sites (tertiary alicyclic amines) is 1. The molecule has 2 heterocycles. The van der Waals surface area contributed by atoms with E-state index in [-0.39, 0.29) is 11.8 Å². The van der Waals surface area contributed by atoms with Crippen LogP contribution >= 0.6 is 11.3 Å². The fraction of sp³-hybridized carbons (Fsp3) is 0.700. The number of ether oxygens (including phenoxy) is 1. The van der Waals surface area contributed by atoms with Crippen molar-refractivity contribution in [2.24, 2.45) is 11.8 Å². The third-order valence-corrected chi connectivity index (χ3v) is 6.69. The normalized spacial score (nSPS) is 20.1. The predicted molar refractivity (Wildman–Crippen MR) is 103 cm³/mol. The maximum Gasteiger partial charge on any atom is 0.338 e. The summed E-state index contributed by atoms with van der Waals surface area (Å²) in [6.45, 7) is 6.58. The average molecular weight is 366 g/mol. The number of thiophene rings is 1. The summed E-state index contributed by atoms with van der Waals surface area (Å²) in [5.74, 6) is 1.26. The standard InChI is InChI=1S/C20H31NO3S/c1-14(16-8-6-11-21(3)12-10-16)7-5-9-18(22)19-15(2)17(13-25-19)20(23)24-4/h13-14,16H,5-12H2,1-4H3. The zero-order valence-corrected chi connectivity index (χ0v) is 16.8. The Hall–Kier alpha value is -1.20. The van der Waals surface area contributed by atoms with Crippen LogP contribution in [0, 0.1) is 18.8 Å². The lowest BCUT2D eigenvalue weighted by Gasteiger charge is -2.22. The van der Waals surface area contributed by atoms with E-state index in [1.165, 1.54) is 50.8 Å². The van der Waals surface area contributed by atoms with Crippen LogP contribution in [0.1, 0.15) is 71.0 Å². The van der Waals surface area contributed by atoms with Crippen LogP contribution < -0.4 is 0 Å². The largest absolute Gasteiger partial charge is 0.465 e. The van der Waals surface area contributed by atoms with Crippen LogP contribution in [0.15, 0.2) is 5.38 Å². The van der Waals surface area contributed by atoms with E-state index in [0.717, 1.165) is 24.3 Å². The fourth-order valence-corrected chi connectivity index (χ4v) is 4.80. The lowest BCUT2D eigenvalue weighted by Crippen LogP contribution is -2.20. The van der Waals surface area contributed by atoms with Gasteiger partial charge in [0.1, 0.15) is 0 Å². The number of nitrogens with zero attached hydrogens (tertiary/aromatic N) is 1. The molecule has 1 fully saturated rings. The Morgan fingerprint density at radius 2 is 2.12 bits per heavy atom. The van der Waals surface area contributed by atoms with Gasteiger partial charge in [-0.2, -0.15) is 0 Å². The molecule has 140 valence electrons. The van der Waals surface area contributed by atoms with Gasteiger partial charge in [-0.05, 0) is 70.1 Å². The molecule has 0 N–H and O–H groups in total. The number of hydrogen-bond acceptors (Lipinski definition) is 5. The highest BCUT2D eigenvalue weighted by atomic mass is 32.1. The van der Waals surface area contributed by atoms with Crippen LogP contribution in [0.2, 0.25) is 0 Å². The highest BCUT2D eigenvalue weighted by Gasteiger charge is 2.22. The van der Waals surface area contributed by atoms with E-state index in [9.17, 15) is 9.59 Å². The highest BCUT2D eigenvalue weighted by molar-refractivity contribution is 7.12. The molecule has 0 aromatic carbocycles. The molecule has 0 spiro atoms. The topological polar surface area (TPSA) is 46.6 Å². The van der Waals surface area contributed by atoms with Crippen LogP contribution in [0.3, 0.4) is 0 Å². The van der Waals surface area contributed by atoms with Crippen molar-refractivity contribution >= 4 is 23.1 Å². The number of ketones is 1. The molecule has 1 aromatic heterocycles. The van der Waals surface area contributed by atoms with Gasteiger partial charge in [0.15, 0.2) is 5.78 Å². The summed E-state index contributed by atoms with van der Waals surface area (Å²) in [6, 6.07) is 0. The lowest BCUT2D eigenvalue weighted by atomic mass is 9.84. The molecule has 25 heavy (non-hydrogen) atoms. The highest BCUT2D eigenvalue weighted by Crippen LogP contribution is 2.29. The van der Waals surface area contributed by atoms with Gasteiger partial charge >= 0.3 is 5.97 Å².